The number of nitrogens with two attached hydrogens (primary N) is 1. The van der Waals surface area contributed by atoms with Crippen molar-refractivity contribution in [2.75, 3.05) is 0 Å². The lowest BCUT2D eigenvalue weighted by molar-refractivity contribution is 0.730. The van der Waals surface area contributed by atoms with Gasteiger partial charge in [0.15, 0.2) is 0 Å². The second kappa shape index (κ2) is 4.80. The number of benzene rings is 1. The zero-order chi connectivity index (χ0) is 12.4. The maximum Gasteiger partial charge on any atom is 0.0890 e. The van der Waals surface area contributed by atoms with Crippen LogP contribution in [0.4, 0.5) is 0 Å². The summed E-state index contributed by atoms with van der Waals surface area (Å²) in [5.41, 5.74) is 10.9. The van der Waals surface area contributed by atoms with Crippen LogP contribution < -0.4 is 5.73 Å². The molecule has 0 saturated heterocycles. The number of rotatable bonds is 3. The first-order valence-electron chi connectivity index (χ1n) is 5.66. The third-order valence-electron chi connectivity index (χ3n) is 2.83. The fraction of sp³-hybridized carbons (Fsp3) is 0.154. The van der Waals surface area contributed by atoms with Gasteiger partial charge in [-0.15, -0.1) is 11.3 Å². The van der Waals surface area contributed by atoms with E-state index in [0.717, 1.165) is 23.0 Å². The summed E-state index contributed by atoms with van der Waals surface area (Å²) in [6.07, 6.45) is 6.06. The Kier molecular flexibility index (Phi) is 3.00. The van der Waals surface area contributed by atoms with E-state index in [1.165, 1.54) is 4.88 Å². The molecule has 5 heteroatoms. The molecule has 0 fully saturated rings. The van der Waals surface area contributed by atoms with Gasteiger partial charge < -0.3 is 5.73 Å². The summed E-state index contributed by atoms with van der Waals surface area (Å²) < 4.78 is 0. The fourth-order valence-electron chi connectivity index (χ4n) is 1.89. The van der Waals surface area contributed by atoms with Crippen molar-refractivity contribution in [1.82, 2.24) is 15.0 Å². The van der Waals surface area contributed by atoms with E-state index >= 15 is 0 Å². The van der Waals surface area contributed by atoms with Gasteiger partial charge in [0.1, 0.15) is 0 Å². The van der Waals surface area contributed by atoms with E-state index in [0.29, 0.717) is 0 Å². The molecule has 1 atom stereocenters. The number of aromatic nitrogens is 3. The Morgan fingerprint density at radius 2 is 2.00 bits per heavy atom. The van der Waals surface area contributed by atoms with Gasteiger partial charge in [-0.25, -0.2) is 0 Å². The summed E-state index contributed by atoms with van der Waals surface area (Å²) >= 11 is 1.63. The van der Waals surface area contributed by atoms with Crippen molar-refractivity contribution in [3.05, 3.63) is 52.7 Å². The van der Waals surface area contributed by atoms with Crippen molar-refractivity contribution in [2.45, 2.75) is 12.5 Å². The first kappa shape index (κ1) is 11.3. The van der Waals surface area contributed by atoms with E-state index in [1.54, 1.807) is 23.7 Å². The Balaban J connectivity index is 1.89. The lowest BCUT2D eigenvalue weighted by atomic mass is 10.0. The summed E-state index contributed by atoms with van der Waals surface area (Å²) in [6, 6.07) is 5.96. The molecule has 3 rings (SSSR count). The molecule has 90 valence electrons. The summed E-state index contributed by atoms with van der Waals surface area (Å²) in [6.45, 7) is 0. The number of hydrogen-bond donors (Lipinski definition) is 1. The third-order valence-corrected chi connectivity index (χ3v) is 3.63. The number of nitrogens with zero attached hydrogens (tertiary/aromatic N) is 3. The standard InChI is InChI=1S/C13H12N4S/c14-11(6-10-7-15-8-18-10)9-1-2-12-13(5-9)17-4-3-16-12/h1-5,7-8,11H,6,14H2. The molecule has 0 saturated carbocycles. The van der Waals surface area contributed by atoms with Crippen molar-refractivity contribution in [2.24, 2.45) is 5.73 Å². The van der Waals surface area contributed by atoms with Crippen LogP contribution in [0.2, 0.25) is 0 Å². The molecule has 0 aliphatic heterocycles. The molecule has 0 radical (unpaired) electrons. The number of thiazole rings is 1. The Labute approximate surface area is 109 Å². The molecular formula is C13H12N4S. The minimum Gasteiger partial charge on any atom is -0.324 e. The lowest BCUT2D eigenvalue weighted by Gasteiger charge is -2.11. The van der Waals surface area contributed by atoms with Crippen LogP contribution in [0.3, 0.4) is 0 Å². The van der Waals surface area contributed by atoms with Crippen LogP contribution in [0.1, 0.15) is 16.5 Å². The minimum atomic E-state index is -0.0307. The van der Waals surface area contributed by atoms with E-state index in [1.807, 2.05) is 29.9 Å². The van der Waals surface area contributed by atoms with Crippen molar-refractivity contribution in [3.63, 3.8) is 0 Å². The molecule has 0 aliphatic rings. The van der Waals surface area contributed by atoms with Crippen LogP contribution in [0, 0.1) is 0 Å². The molecule has 2 N–H and O–H groups in total. The average molecular weight is 256 g/mol. The van der Waals surface area contributed by atoms with Gasteiger partial charge in [-0.05, 0) is 17.7 Å². The zero-order valence-electron chi connectivity index (χ0n) is 9.65. The Hall–Kier alpha value is -1.85. The van der Waals surface area contributed by atoms with Gasteiger partial charge in [0.05, 0.1) is 16.5 Å². The average Bonchev–Trinajstić information content (AvgIpc) is 2.91. The Bertz CT molecular complexity index is 651. The highest BCUT2D eigenvalue weighted by molar-refractivity contribution is 7.09. The monoisotopic (exact) mass is 256 g/mol. The predicted molar refractivity (Wildman–Crippen MR) is 72.3 cm³/mol. The molecule has 0 spiro atoms. The Morgan fingerprint density at radius 3 is 2.78 bits per heavy atom. The first-order chi connectivity index (χ1) is 8.83. The van der Waals surface area contributed by atoms with Gasteiger partial charge >= 0.3 is 0 Å². The van der Waals surface area contributed by atoms with E-state index in [2.05, 4.69) is 15.0 Å². The highest BCUT2D eigenvalue weighted by Gasteiger charge is 2.09. The second-order valence-corrected chi connectivity index (χ2v) is 5.05. The van der Waals surface area contributed by atoms with Crippen molar-refractivity contribution >= 4 is 22.4 Å². The van der Waals surface area contributed by atoms with Gasteiger partial charge in [-0.2, -0.15) is 0 Å². The third kappa shape index (κ3) is 2.23. The molecule has 1 unspecified atom stereocenters. The van der Waals surface area contributed by atoms with E-state index in [4.69, 9.17) is 5.73 Å². The molecule has 0 amide bonds. The quantitative estimate of drug-likeness (QED) is 0.781. The summed E-state index contributed by atoms with van der Waals surface area (Å²) in [7, 11) is 0. The second-order valence-electron chi connectivity index (χ2n) is 4.08. The lowest BCUT2D eigenvalue weighted by Crippen LogP contribution is -2.12. The summed E-state index contributed by atoms with van der Waals surface area (Å²) in [4.78, 5) is 13.8. The van der Waals surface area contributed by atoms with Gasteiger partial charge in [0.25, 0.3) is 0 Å². The smallest absolute Gasteiger partial charge is 0.0890 e. The van der Waals surface area contributed by atoms with Crippen LogP contribution in [-0.4, -0.2) is 15.0 Å². The van der Waals surface area contributed by atoms with E-state index in [9.17, 15) is 0 Å². The van der Waals surface area contributed by atoms with Crippen molar-refractivity contribution < 1.29 is 0 Å². The van der Waals surface area contributed by atoms with Gasteiger partial charge in [-0.1, -0.05) is 6.07 Å². The summed E-state index contributed by atoms with van der Waals surface area (Å²) in [5.74, 6) is 0. The Morgan fingerprint density at radius 1 is 1.17 bits per heavy atom. The zero-order valence-corrected chi connectivity index (χ0v) is 10.5. The predicted octanol–water partition coefficient (Wildman–Crippen LogP) is 2.33. The molecular weight excluding hydrogens is 244 g/mol. The van der Waals surface area contributed by atoms with E-state index < -0.39 is 0 Å². The molecule has 2 aromatic heterocycles. The highest BCUT2D eigenvalue weighted by Crippen LogP contribution is 2.20. The van der Waals surface area contributed by atoms with E-state index in [-0.39, 0.29) is 6.04 Å². The topological polar surface area (TPSA) is 64.7 Å². The maximum atomic E-state index is 6.21. The normalized spacial score (nSPS) is 12.7. The van der Waals surface area contributed by atoms with Crippen LogP contribution >= 0.6 is 11.3 Å². The van der Waals surface area contributed by atoms with Crippen molar-refractivity contribution in [3.8, 4) is 0 Å². The van der Waals surface area contributed by atoms with Crippen LogP contribution in [-0.2, 0) is 6.42 Å². The molecule has 18 heavy (non-hydrogen) atoms. The fourth-order valence-corrected chi connectivity index (χ4v) is 2.54. The molecule has 4 nitrogen and oxygen atoms in total. The molecule has 2 heterocycles. The van der Waals surface area contributed by atoms with Gasteiger partial charge in [0, 0.05) is 35.9 Å². The molecule has 0 aliphatic carbocycles. The van der Waals surface area contributed by atoms with Crippen LogP contribution in [0.5, 0.6) is 0 Å². The maximum absolute atomic E-state index is 6.21. The molecule has 1 aromatic carbocycles. The molecule has 0 bridgehead atoms. The van der Waals surface area contributed by atoms with Crippen LogP contribution in [0.25, 0.3) is 11.0 Å². The van der Waals surface area contributed by atoms with Gasteiger partial charge in [-0.3, -0.25) is 15.0 Å². The number of fused-ring (bicyclic) bond motifs is 1. The summed E-state index contributed by atoms with van der Waals surface area (Å²) in [5, 5.41) is 0. The minimum absolute atomic E-state index is 0.0307. The number of hydrogen-bond acceptors (Lipinski definition) is 5. The van der Waals surface area contributed by atoms with Crippen LogP contribution in [0.15, 0.2) is 42.3 Å². The largest absolute Gasteiger partial charge is 0.324 e. The highest BCUT2D eigenvalue weighted by atomic mass is 32.1. The SMILES string of the molecule is NC(Cc1cncs1)c1ccc2nccnc2c1. The first-order valence-corrected chi connectivity index (χ1v) is 6.54. The molecule has 3 aromatic rings. The van der Waals surface area contributed by atoms with Crippen molar-refractivity contribution in [1.29, 1.82) is 0 Å². The van der Waals surface area contributed by atoms with Gasteiger partial charge in [0.2, 0.25) is 0 Å².